The molecule has 0 unspecified atom stereocenters. The van der Waals surface area contributed by atoms with E-state index in [0.29, 0.717) is 19.8 Å². The fraction of sp³-hybridized carbons (Fsp3) is 0.316. The number of morpholine rings is 1. The number of fused-ring (bicyclic) bond motifs is 1. The Balaban J connectivity index is 1.37. The summed E-state index contributed by atoms with van der Waals surface area (Å²) in [6.07, 6.45) is 3.48. The second-order valence-electron chi connectivity index (χ2n) is 6.25. The van der Waals surface area contributed by atoms with Crippen LogP contribution in [-0.4, -0.2) is 46.7 Å². The number of ether oxygens (including phenoxy) is 1. The number of hydrogen-bond acceptors (Lipinski definition) is 5. The molecule has 0 spiro atoms. The maximum absolute atomic E-state index is 12.3. The summed E-state index contributed by atoms with van der Waals surface area (Å²) < 4.78 is 7.31. The van der Waals surface area contributed by atoms with Gasteiger partial charge in [0.15, 0.2) is 0 Å². The predicted molar refractivity (Wildman–Crippen MR) is 98.8 cm³/mol. The Morgan fingerprint density at radius 3 is 2.88 bits per heavy atom. The van der Waals surface area contributed by atoms with Crippen molar-refractivity contribution in [3.63, 3.8) is 0 Å². The second-order valence-corrected chi connectivity index (χ2v) is 6.25. The van der Waals surface area contributed by atoms with Crippen LogP contribution in [0.25, 0.3) is 10.9 Å². The summed E-state index contributed by atoms with van der Waals surface area (Å²) in [5, 5.41) is 4.07. The fourth-order valence-electron chi connectivity index (χ4n) is 3.13. The van der Waals surface area contributed by atoms with Gasteiger partial charge in [-0.15, -0.1) is 0 Å². The first kappa shape index (κ1) is 16.5. The molecule has 26 heavy (non-hydrogen) atoms. The molecule has 1 aliphatic heterocycles. The lowest BCUT2D eigenvalue weighted by atomic mass is 10.2. The summed E-state index contributed by atoms with van der Waals surface area (Å²) in [6, 6.07) is 12.0. The Morgan fingerprint density at radius 2 is 2.00 bits per heavy atom. The number of carbonyl (C=O) groups excluding carboxylic acids is 1. The molecule has 1 N–H and O–H groups in total. The maximum atomic E-state index is 12.3. The molecule has 3 aromatic rings. The zero-order valence-corrected chi connectivity index (χ0v) is 14.5. The highest BCUT2D eigenvalue weighted by molar-refractivity contribution is 5.83. The maximum Gasteiger partial charge on any atom is 0.240 e. The molecular formula is C19H21N5O2. The van der Waals surface area contributed by atoms with Crippen LogP contribution >= 0.6 is 0 Å². The van der Waals surface area contributed by atoms with Gasteiger partial charge in [-0.25, -0.2) is 9.97 Å². The van der Waals surface area contributed by atoms with Crippen LogP contribution in [0, 0.1) is 0 Å². The van der Waals surface area contributed by atoms with E-state index in [1.54, 1.807) is 6.33 Å². The second kappa shape index (κ2) is 7.53. The highest BCUT2D eigenvalue weighted by atomic mass is 16.5. The van der Waals surface area contributed by atoms with E-state index in [0.717, 1.165) is 35.5 Å². The fourth-order valence-corrected chi connectivity index (χ4v) is 3.13. The van der Waals surface area contributed by atoms with Gasteiger partial charge in [-0.3, -0.25) is 4.79 Å². The highest BCUT2D eigenvalue weighted by Gasteiger charge is 2.13. The van der Waals surface area contributed by atoms with Gasteiger partial charge < -0.3 is 19.5 Å². The minimum atomic E-state index is -0.0436. The summed E-state index contributed by atoms with van der Waals surface area (Å²) in [5.74, 6) is 0.835. The average molecular weight is 351 g/mol. The van der Waals surface area contributed by atoms with Crippen molar-refractivity contribution in [1.29, 1.82) is 0 Å². The number of anilines is 1. The largest absolute Gasteiger partial charge is 0.378 e. The molecule has 1 fully saturated rings. The van der Waals surface area contributed by atoms with E-state index in [4.69, 9.17) is 4.74 Å². The number of rotatable bonds is 5. The van der Waals surface area contributed by atoms with Crippen LogP contribution in [0.1, 0.15) is 5.69 Å². The van der Waals surface area contributed by atoms with Gasteiger partial charge in [0.1, 0.15) is 18.7 Å². The number of para-hydroxylation sites is 1. The quantitative estimate of drug-likeness (QED) is 0.756. The molecule has 0 radical (unpaired) electrons. The molecule has 2 aromatic heterocycles. The summed E-state index contributed by atoms with van der Waals surface area (Å²) >= 11 is 0. The average Bonchev–Trinajstić information content (AvgIpc) is 3.10. The van der Waals surface area contributed by atoms with Gasteiger partial charge in [-0.05, 0) is 17.5 Å². The monoisotopic (exact) mass is 351 g/mol. The lowest BCUT2D eigenvalue weighted by Crippen LogP contribution is -2.37. The number of nitrogens with one attached hydrogen (secondary N) is 1. The lowest BCUT2D eigenvalue weighted by Gasteiger charge is -2.27. The van der Waals surface area contributed by atoms with E-state index in [1.165, 1.54) is 0 Å². The van der Waals surface area contributed by atoms with E-state index in [1.807, 2.05) is 47.2 Å². The molecule has 3 heterocycles. The molecular weight excluding hydrogens is 330 g/mol. The van der Waals surface area contributed by atoms with E-state index in [9.17, 15) is 4.79 Å². The summed E-state index contributed by atoms with van der Waals surface area (Å²) in [5.41, 5.74) is 1.85. The normalized spacial score (nSPS) is 14.5. The zero-order chi connectivity index (χ0) is 17.8. The SMILES string of the molecule is O=C(Cn1ccc2ccccc21)NCc1cc(N2CCOCC2)ncn1. The van der Waals surface area contributed by atoms with Gasteiger partial charge in [-0.2, -0.15) is 0 Å². The van der Waals surface area contributed by atoms with Crippen LogP contribution in [0.4, 0.5) is 5.82 Å². The standard InChI is InChI=1S/C19H21N5O2/c25-19(13-24-6-5-15-3-1-2-4-17(15)24)20-12-16-11-18(22-14-21-16)23-7-9-26-10-8-23/h1-6,11,14H,7-10,12-13H2,(H,20,25). The molecule has 1 aromatic carbocycles. The highest BCUT2D eigenvalue weighted by Crippen LogP contribution is 2.15. The van der Waals surface area contributed by atoms with Crippen LogP contribution < -0.4 is 10.2 Å². The molecule has 0 aliphatic carbocycles. The van der Waals surface area contributed by atoms with E-state index < -0.39 is 0 Å². The molecule has 4 rings (SSSR count). The van der Waals surface area contributed by atoms with Crippen molar-refractivity contribution in [3.05, 3.63) is 54.6 Å². The van der Waals surface area contributed by atoms with Crippen LogP contribution in [0.15, 0.2) is 48.9 Å². The first-order chi connectivity index (χ1) is 12.8. The summed E-state index contributed by atoms with van der Waals surface area (Å²) in [7, 11) is 0. The first-order valence-corrected chi connectivity index (χ1v) is 8.74. The van der Waals surface area contributed by atoms with Crippen LogP contribution in [0.5, 0.6) is 0 Å². The first-order valence-electron chi connectivity index (χ1n) is 8.74. The van der Waals surface area contributed by atoms with Gasteiger partial charge in [0, 0.05) is 30.9 Å². The molecule has 0 saturated carbocycles. The van der Waals surface area contributed by atoms with Gasteiger partial charge in [-0.1, -0.05) is 18.2 Å². The third-order valence-corrected chi connectivity index (χ3v) is 4.51. The van der Waals surface area contributed by atoms with E-state index in [2.05, 4.69) is 20.2 Å². The Kier molecular flexibility index (Phi) is 4.79. The molecule has 7 heteroatoms. The molecule has 0 atom stereocenters. The molecule has 0 bridgehead atoms. The summed E-state index contributed by atoms with van der Waals surface area (Å²) in [6.45, 7) is 3.74. The third-order valence-electron chi connectivity index (χ3n) is 4.51. The molecule has 7 nitrogen and oxygen atoms in total. The van der Waals surface area contributed by atoms with Crippen molar-refractivity contribution in [2.75, 3.05) is 31.2 Å². The Labute approximate surface area is 151 Å². The number of benzene rings is 1. The number of carbonyl (C=O) groups is 1. The topological polar surface area (TPSA) is 72.3 Å². The van der Waals surface area contributed by atoms with Crippen molar-refractivity contribution in [2.45, 2.75) is 13.1 Å². The van der Waals surface area contributed by atoms with Crippen molar-refractivity contribution < 1.29 is 9.53 Å². The Morgan fingerprint density at radius 1 is 1.15 bits per heavy atom. The van der Waals surface area contributed by atoms with Gasteiger partial charge >= 0.3 is 0 Å². The summed E-state index contributed by atoms with van der Waals surface area (Å²) in [4.78, 5) is 23.1. The smallest absolute Gasteiger partial charge is 0.240 e. The van der Waals surface area contributed by atoms with Gasteiger partial charge in [0.05, 0.1) is 25.5 Å². The van der Waals surface area contributed by atoms with Crippen molar-refractivity contribution in [3.8, 4) is 0 Å². The van der Waals surface area contributed by atoms with Crippen molar-refractivity contribution in [2.24, 2.45) is 0 Å². The van der Waals surface area contributed by atoms with Crippen LogP contribution in [0.3, 0.4) is 0 Å². The molecule has 1 saturated heterocycles. The molecule has 1 amide bonds. The Hall–Kier alpha value is -2.93. The van der Waals surface area contributed by atoms with Crippen LogP contribution in [-0.2, 0) is 22.6 Å². The zero-order valence-electron chi connectivity index (χ0n) is 14.5. The third kappa shape index (κ3) is 3.67. The molecule has 1 aliphatic rings. The minimum Gasteiger partial charge on any atom is -0.378 e. The number of aromatic nitrogens is 3. The number of hydrogen-bond donors (Lipinski definition) is 1. The van der Waals surface area contributed by atoms with Crippen LogP contribution in [0.2, 0.25) is 0 Å². The van der Waals surface area contributed by atoms with Crippen molar-refractivity contribution >= 4 is 22.6 Å². The van der Waals surface area contributed by atoms with Gasteiger partial charge in [0.25, 0.3) is 0 Å². The van der Waals surface area contributed by atoms with E-state index in [-0.39, 0.29) is 12.5 Å². The molecule has 134 valence electrons. The van der Waals surface area contributed by atoms with Gasteiger partial charge in [0.2, 0.25) is 5.91 Å². The number of nitrogens with zero attached hydrogens (tertiary/aromatic N) is 4. The predicted octanol–water partition coefficient (Wildman–Crippen LogP) is 1.58. The Bertz CT molecular complexity index is 902. The number of amides is 1. The minimum absolute atomic E-state index is 0.0436. The van der Waals surface area contributed by atoms with E-state index >= 15 is 0 Å². The van der Waals surface area contributed by atoms with Crippen molar-refractivity contribution in [1.82, 2.24) is 19.9 Å². The lowest BCUT2D eigenvalue weighted by molar-refractivity contribution is -0.121.